The van der Waals surface area contributed by atoms with Crippen LogP contribution in [0.3, 0.4) is 0 Å². The molecule has 148 valence electrons. The van der Waals surface area contributed by atoms with Crippen molar-refractivity contribution < 1.29 is 14.2 Å². The van der Waals surface area contributed by atoms with E-state index in [0.29, 0.717) is 25.6 Å². The van der Waals surface area contributed by atoms with Crippen LogP contribution in [0.25, 0.3) is 0 Å². The Bertz CT molecular complexity index is 869. The number of benzene rings is 2. The summed E-state index contributed by atoms with van der Waals surface area (Å²) < 4.78 is 17.6. The van der Waals surface area contributed by atoms with Gasteiger partial charge in [0.1, 0.15) is 23.6 Å². The number of nitrogens with two attached hydrogens (primary N) is 2. The van der Waals surface area contributed by atoms with Crippen molar-refractivity contribution in [2.45, 2.75) is 38.3 Å². The number of fused-ring (bicyclic) bond motifs is 3. The number of amidine groups is 1. The third kappa shape index (κ3) is 3.69. The molecule has 0 radical (unpaired) electrons. The van der Waals surface area contributed by atoms with Crippen LogP contribution in [0, 0.1) is 0 Å². The quantitative estimate of drug-likeness (QED) is 0.199. The van der Waals surface area contributed by atoms with Crippen LogP contribution in [0.2, 0.25) is 0 Å². The lowest BCUT2D eigenvalue weighted by molar-refractivity contribution is 0.0725. The van der Waals surface area contributed by atoms with Gasteiger partial charge in [0.25, 0.3) is 0 Å². The number of nitrogens with zero attached hydrogens (tertiary/aromatic N) is 2. The minimum atomic E-state index is -0.319. The molecule has 7 nitrogen and oxygen atoms in total. The lowest BCUT2D eigenvalue weighted by atomic mass is 9.93. The predicted molar refractivity (Wildman–Crippen MR) is 106 cm³/mol. The van der Waals surface area contributed by atoms with Crippen molar-refractivity contribution >= 4 is 5.84 Å². The van der Waals surface area contributed by atoms with Crippen LogP contribution in [0.1, 0.15) is 36.6 Å². The largest absolute Gasteiger partial charge is 0.485 e. The molecule has 0 aliphatic carbocycles. The molecule has 0 amide bonds. The zero-order valence-corrected chi connectivity index (χ0v) is 16.2. The summed E-state index contributed by atoms with van der Waals surface area (Å²) in [7, 11) is 0. The molecule has 2 unspecified atom stereocenters. The Balaban J connectivity index is 1.38. The van der Waals surface area contributed by atoms with Gasteiger partial charge in [0.05, 0.1) is 19.8 Å². The molecule has 2 aliphatic rings. The monoisotopic (exact) mass is 382 g/mol. The molecule has 1 fully saturated rings. The first-order chi connectivity index (χ1) is 13.5. The summed E-state index contributed by atoms with van der Waals surface area (Å²) in [5.41, 5.74) is 2.64. The first kappa shape index (κ1) is 18.7. The van der Waals surface area contributed by atoms with Crippen molar-refractivity contribution in [3.63, 3.8) is 0 Å². The summed E-state index contributed by atoms with van der Waals surface area (Å²) in [5, 5.41) is 5.40. The van der Waals surface area contributed by atoms with Crippen LogP contribution >= 0.6 is 0 Å². The Kier molecular flexibility index (Phi) is 4.97. The maximum absolute atomic E-state index is 6.18. The summed E-state index contributed by atoms with van der Waals surface area (Å²) in [4.78, 5) is 0. The summed E-state index contributed by atoms with van der Waals surface area (Å²) in [6.45, 7) is 5.54. The first-order valence-corrected chi connectivity index (χ1v) is 9.40. The van der Waals surface area contributed by atoms with Crippen LogP contribution in [-0.2, 0) is 16.1 Å². The molecule has 2 heterocycles. The van der Waals surface area contributed by atoms with Gasteiger partial charge in [-0.05, 0) is 37.6 Å². The smallest absolute Gasteiger partial charge is 0.169 e. The van der Waals surface area contributed by atoms with E-state index in [1.807, 2.05) is 62.4 Å². The van der Waals surface area contributed by atoms with E-state index in [0.717, 1.165) is 22.4 Å². The van der Waals surface area contributed by atoms with Gasteiger partial charge in [-0.25, -0.2) is 5.84 Å². The molecule has 0 spiro atoms. The highest BCUT2D eigenvalue weighted by molar-refractivity contribution is 5.98. The first-order valence-electron chi connectivity index (χ1n) is 9.40. The zero-order valence-electron chi connectivity index (χ0n) is 16.2. The Morgan fingerprint density at radius 3 is 2.75 bits per heavy atom. The minimum absolute atomic E-state index is 0.0538. The fourth-order valence-electron chi connectivity index (χ4n) is 3.57. The fourth-order valence-corrected chi connectivity index (χ4v) is 3.57. The van der Waals surface area contributed by atoms with Gasteiger partial charge in [0.15, 0.2) is 5.84 Å². The molecule has 2 aliphatic heterocycles. The Labute approximate surface area is 164 Å². The third-order valence-corrected chi connectivity index (χ3v) is 5.11. The number of hydrazine groups is 1. The van der Waals surface area contributed by atoms with Gasteiger partial charge in [0.2, 0.25) is 0 Å². The molecule has 7 heteroatoms. The van der Waals surface area contributed by atoms with Gasteiger partial charge < -0.3 is 20.1 Å². The summed E-state index contributed by atoms with van der Waals surface area (Å²) >= 11 is 0. The van der Waals surface area contributed by atoms with Gasteiger partial charge in [-0.15, -0.1) is 0 Å². The molecule has 1 saturated heterocycles. The molecule has 2 aromatic carbocycles. The summed E-state index contributed by atoms with van der Waals surface area (Å²) in [6, 6.07) is 15.8. The van der Waals surface area contributed by atoms with E-state index in [1.54, 1.807) is 0 Å². The SMILES string of the molecule is CC1(C)Oc2ccc(/C(=N/N)N(N)CCOCc3ccccc3)cc2C2OC21. The molecular weight excluding hydrogens is 356 g/mol. The molecule has 0 aromatic heterocycles. The molecule has 28 heavy (non-hydrogen) atoms. The Morgan fingerprint density at radius 1 is 1.21 bits per heavy atom. The average molecular weight is 382 g/mol. The molecule has 4 rings (SSSR count). The lowest BCUT2D eigenvalue weighted by Crippen LogP contribution is -2.41. The standard InChI is InChI=1S/C21H26N4O3/c1-21(2)19-18(27-19)16-12-15(8-9-17(16)28-21)20(24-22)25(23)10-11-26-13-14-6-4-3-5-7-14/h3-9,12,18-19H,10-11,13,22-23H2,1-2H3/b24-20-. The van der Waals surface area contributed by atoms with Gasteiger partial charge in [-0.2, -0.15) is 5.10 Å². The predicted octanol–water partition coefficient (Wildman–Crippen LogP) is 2.31. The van der Waals surface area contributed by atoms with Crippen molar-refractivity contribution in [3.05, 3.63) is 65.2 Å². The number of epoxide rings is 1. The molecule has 0 bridgehead atoms. The van der Waals surface area contributed by atoms with Crippen molar-refractivity contribution in [2.24, 2.45) is 16.8 Å². The summed E-state index contributed by atoms with van der Waals surface area (Å²) in [5.74, 6) is 13.1. The van der Waals surface area contributed by atoms with Gasteiger partial charge >= 0.3 is 0 Å². The number of hydrogen-bond acceptors (Lipinski definition) is 6. The lowest BCUT2D eigenvalue weighted by Gasteiger charge is -2.30. The van der Waals surface area contributed by atoms with Crippen molar-refractivity contribution in [2.75, 3.05) is 13.2 Å². The van der Waals surface area contributed by atoms with Crippen LogP contribution < -0.4 is 16.4 Å². The molecule has 4 N–H and O–H groups in total. The molecular formula is C21H26N4O3. The number of hydrogen-bond donors (Lipinski definition) is 2. The zero-order chi connectivity index (χ0) is 19.7. The van der Waals surface area contributed by atoms with Crippen LogP contribution in [0.15, 0.2) is 53.6 Å². The van der Waals surface area contributed by atoms with E-state index in [2.05, 4.69) is 5.10 Å². The highest BCUT2D eigenvalue weighted by Gasteiger charge is 2.56. The third-order valence-electron chi connectivity index (χ3n) is 5.11. The highest BCUT2D eigenvalue weighted by atomic mass is 16.6. The minimum Gasteiger partial charge on any atom is -0.485 e. The van der Waals surface area contributed by atoms with E-state index in [9.17, 15) is 0 Å². The van der Waals surface area contributed by atoms with Crippen molar-refractivity contribution in [1.29, 1.82) is 0 Å². The van der Waals surface area contributed by atoms with E-state index < -0.39 is 0 Å². The van der Waals surface area contributed by atoms with Gasteiger partial charge in [-0.3, -0.25) is 5.01 Å². The molecule has 0 saturated carbocycles. The average Bonchev–Trinajstić information content (AvgIpc) is 3.49. The van der Waals surface area contributed by atoms with Gasteiger partial charge in [0, 0.05) is 11.1 Å². The maximum atomic E-state index is 6.18. The van der Waals surface area contributed by atoms with E-state index in [-0.39, 0.29) is 17.8 Å². The van der Waals surface area contributed by atoms with Crippen molar-refractivity contribution in [3.8, 4) is 5.75 Å². The van der Waals surface area contributed by atoms with Gasteiger partial charge in [-0.1, -0.05) is 30.3 Å². The van der Waals surface area contributed by atoms with Crippen LogP contribution in [0.4, 0.5) is 0 Å². The highest BCUT2D eigenvalue weighted by Crippen LogP contribution is 2.53. The van der Waals surface area contributed by atoms with Crippen LogP contribution in [0.5, 0.6) is 5.75 Å². The number of hydrazone groups is 1. The second kappa shape index (κ2) is 7.43. The molecule has 2 atom stereocenters. The Hall–Kier alpha value is -2.61. The maximum Gasteiger partial charge on any atom is 0.169 e. The number of rotatable bonds is 6. The van der Waals surface area contributed by atoms with E-state index in [1.165, 1.54) is 5.01 Å². The second-order valence-electron chi connectivity index (χ2n) is 7.62. The fraction of sp³-hybridized carbons (Fsp3) is 0.381. The van der Waals surface area contributed by atoms with E-state index in [4.69, 9.17) is 25.9 Å². The normalized spacial score (nSPS) is 22.0. The summed E-state index contributed by atoms with van der Waals surface area (Å²) in [6.07, 6.45) is 0.132. The van der Waals surface area contributed by atoms with Crippen molar-refractivity contribution in [1.82, 2.24) is 5.01 Å². The van der Waals surface area contributed by atoms with Crippen LogP contribution in [-0.4, -0.2) is 35.7 Å². The second-order valence-corrected chi connectivity index (χ2v) is 7.62. The Morgan fingerprint density at radius 2 is 2.00 bits per heavy atom. The van der Waals surface area contributed by atoms with E-state index >= 15 is 0 Å². The topological polar surface area (TPSA) is 98.6 Å². The molecule has 2 aromatic rings. The number of ether oxygens (including phenoxy) is 3.